The number of carbonyl (C=O) groups excluding carboxylic acids is 2. The highest BCUT2D eigenvalue weighted by molar-refractivity contribution is 5.75. The monoisotopic (exact) mass is 635 g/mol. The van der Waals surface area contributed by atoms with Crippen LogP contribution in [0, 0.1) is 32.1 Å². The summed E-state index contributed by atoms with van der Waals surface area (Å²) in [7, 11) is 0. The van der Waals surface area contributed by atoms with Crippen LogP contribution in [0.3, 0.4) is 0 Å². The second-order valence-corrected chi connectivity index (χ2v) is 11.0. The lowest BCUT2D eigenvalue weighted by Gasteiger charge is -2.21. The molecule has 0 aliphatic heterocycles. The van der Waals surface area contributed by atoms with Crippen LogP contribution in [0.2, 0.25) is 0 Å². The Morgan fingerprint density at radius 1 is 1.04 bits per heavy atom. The molecule has 1 aliphatic carbocycles. The zero-order chi connectivity index (χ0) is 33.0. The number of unbranched alkanes of at least 4 members (excludes halogenated alkanes) is 1. The molecular weight excluding hydrogens is 590 g/mol. The molecule has 1 amide bonds. The summed E-state index contributed by atoms with van der Waals surface area (Å²) in [6, 6.07) is 9.64. The van der Waals surface area contributed by atoms with Gasteiger partial charge in [-0.15, -0.1) is 20.2 Å². The number of aliphatic hydroxyl groups excluding tert-OH is 2. The van der Waals surface area contributed by atoms with E-state index in [1.54, 1.807) is 12.2 Å². The van der Waals surface area contributed by atoms with Crippen molar-refractivity contribution >= 4 is 11.9 Å². The van der Waals surface area contributed by atoms with Gasteiger partial charge < -0.3 is 29.9 Å². The molecule has 0 unspecified atom stereocenters. The van der Waals surface area contributed by atoms with Gasteiger partial charge in [-0.1, -0.05) is 48.6 Å². The average molecular weight is 636 g/mol. The SMILES string of the molecule is CCNC(=O)CCCC=CC[C@@H]1[C@@H](C=C[C@H](CCc2ccccc2)OC(=O)CCC[C@H](CO[N+](=O)[O-])O[N+](=O)[O-])[C@H](O)C[C@@H]1O. The molecule has 250 valence electrons. The normalized spacial score (nSPS) is 21.0. The number of aliphatic hydroxyl groups is 2. The Morgan fingerprint density at radius 2 is 1.80 bits per heavy atom. The van der Waals surface area contributed by atoms with E-state index in [9.17, 15) is 40.0 Å². The molecule has 1 aliphatic rings. The standard InChI is InChI=1S/C31H45N3O11/c1-2-32-30(37)15-9-4-3-8-14-26-27(29(36)21-28(26)35)20-19-24(18-17-23-11-6-5-7-12-23)44-31(38)16-10-13-25(45-34(41)42)22-43-33(39)40/h3,5-8,11-12,19-20,24-29,35-36H,2,4,9-10,13-18,21-22H2,1H3,(H,32,37)/t24-,25+,26+,27+,28-,29+/m0/s1. The first-order chi connectivity index (χ1) is 21.6. The minimum atomic E-state index is -1.21. The molecule has 6 atom stereocenters. The first kappa shape index (κ1) is 37.1. The van der Waals surface area contributed by atoms with E-state index in [0.717, 1.165) is 12.0 Å². The van der Waals surface area contributed by atoms with Crippen LogP contribution in [0.4, 0.5) is 0 Å². The second-order valence-electron chi connectivity index (χ2n) is 11.0. The molecule has 0 heterocycles. The molecule has 0 spiro atoms. The van der Waals surface area contributed by atoms with Gasteiger partial charge in [0.25, 0.3) is 10.2 Å². The van der Waals surface area contributed by atoms with Gasteiger partial charge in [-0.25, -0.2) is 0 Å². The van der Waals surface area contributed by atoms with Crippen LogP contribution >= 0.6 is 0 Å². The van der Waals surface area contributed by atoms with Gasteiger partial charge >= 0.3 is 5.97 Å². The second kappa shape index (κ2) is 20.8. The number of nitrogens with zero attached hydrogens (tertiary/aromatic N) is 2. The van der Waals surface area contributed by atoms with E-state index >= 15 is 0 Å². The fourth-order valence-electron chi connectivity index (χ4n) is 5.28. The molecule has 0 radical (unpaired) electrons. The molecule has 2 rings (SSSR count). The van der Waals surface area contributed by atoms with Crippen molar-refractivity contribution in [1.29, 1.82) is 0 Å². The Balaban J connectivity index is 2.00. The van der Waals surface area contributed by atoms with E-state index in [2.05, 4.69) is 15.0 Å². The molecule has 0 bridgehead atoms. The van der Waals surface area contributed by atoms with E-state index in [1.165, 1.54) is 0 Å². The topological polar surface area (TPSA) is 201 Å². The smallest absolute Gasteiger partial charge is 0.306 e. The van der Waals surface area contributed by atoms with Crippen LogP contribution in [-0.4, -0.2) is 69.8 Å². The molecule has 0 saturated heterocycles. The quantitative estimate of drug-likeness (QED) is 0.0552. The van der Waals surface area contributed by atoms with Gasteiger partial charge in [0.15, 0.2) is 0 Å². The predicted molar refractivity (Wildman–Crippen MR) is 162 cm³/mol. The predicted octanol–water partition coefficient (Wildman–Crippen LogP) is 3.65. The molecule has 1 aromatic carbocycles. The van der Waals surface area contributed by atoms with E-state index < -0.39 is 47.2 Å². The number of rotatable bonds is 22. The fourth-order valence-corrected chi connectivity index (χ4v) is 5.28. The third-order valence-corrected chi connectivity index (χ3v) is 7.54. The first-order valence-electron chi connectivity index (χ1n) is 15.4. The number of ether oxygens (including phenoxy) is 1. The van der Waals surface area contributed by atoms with Gasteiger partial charge in [-0.05, 0) is 69.4 Å². The van der Waals surface area contributed by atoms with Crippen LogP contribution < -0.4 is 5.32 Å². The molecule has 14 heteroatoms. The van der Waals surface area contributed by atoms with Gasteiger partial charge in [0.2, 0.25) is 5.91 Å². The Morgan fingerprint density at radius 3 is 2.49 bits per heavy atom. The molecule has 45 heavy (non-hydrogen) atoms. The lowest BCUT2D eigenvalue weighted by atomic mass is 9.89. The number of amides is 1. The maximum absolute atomic E-state index is 12.7. The van der Waals surface area contributed by atoms with Gasteiger partial charge in [-0.2, -0.15) is 0 Å². The van der Waals surface area contributed by atoms with Crippen molar-refractivity contribution in [2.24, 2.45) is 11.8 Å². The van der Waals surface area contributed by atoms with Crippen molar-refractivity contribution in [1.82, 2.24) is 5.32 Å². The number of allylic oxidation sites excluding steroid dienone is 2. The largest absolute Gasteiger partial charge is 0.458 e. The molecule has 0 aromatic heterocycles. The van der Waals surface area contributed by atoms with Crippen molar-refractivity contribution in [2.75, 3.05) is 13.2 Å². The average Bonchev–Trinajstić information content (AvgIpc) is 3.26. The molecule has 1 aromatic rings. The number of benzene rings is 1. The minimum Gasteiger partial charge on any atom is -0.458 e. The van der Waals surface area contributed by atoms with Gasteiger partial charge in [0.05, 0.1) is 12.2 Å². The van der Waals surface area contributed by atoms with Gasteiger partial charge in [0, 0.05) is 31.7 Å². The summed E-state index contributed by atoms with van der Waals surface area (Å²) in [5, 5.41) is 43.1. The number of aryl methyl sites for hydroxylation is 1. The molecular formula is C31H45N3O11. The zero-order valence-electron chi connectivity index (χ0n) is 25.6. The summed E-state index contributed by atoms with van der Waals surface area (Å²) in [4.78, 5) is 54.0. The summed E-state index contributed by atoms with van der Waals surface area (Å²) in [6.45, 7) is 1.83. The summed E-state index contributed by atoms with van der Waals surface area (Å²) < 4.78 is 5.72. The number of hydrogen-bond donors (Lipinski definition) is 3. The fraction of sp³-hybridized carbons (Fsp3) is 0.613. The summed E-state index contributed by atoms with van der Waals surface area (Å²) in [6.07, 6.45) is 7.83. The summed E-state index contributed by atoms with van der Waals surface area (Å²) >= 11 is 0. The zero-order valence-corrected chi connectivity index (χ0v) is 25.6. The van der Waals surface area contributed by atoms with Crippen LogP contribution in [-0.2, 0) is 30.4 Å². The van der Waals surface area contributed by atoms with Crippen molar-refractivity contribution in [3.8, 4) is 0 Å². The maximum Gasteiger partial charge on any atom is 0.306 e. The third-order valence-electron chi connectivity index (χ3n) is 7.54. The minimum absolute atomic E-state index is 0.0169. The van der Waals surface area contributed by atoms with Crippen LogP contribution in [0.25, 0.3) is 0 Å². The number of nitrogens with one attached hydrogen (secondary N) is 1. The Kier molecular flexibility index (Phi) is 17.2. The lowest BCUT2D eigenvalue weighted by Crippen LogP contribution is -2.25. The van der Waals surface area contributed by atoms with Crippen molar-refractivity contribution in [2.45, 2.75) is 95.5 Å². The van der Waals surface area contributed by atoms with Crippen LogP contribution in [0.5, 0.6) is 0 Å². The maximum atomic E-state index is 12.7. The first-order valence-corrected chi connectivity index (χ1v) is 15.4. The lowest BCUT2D eigenvalue weighted by molar-refractivity contribution is -0.790. The van der Waals surface area contributed by atoms with Crippen molar-refractivity contribution in [3.63, 3.8) is 0 Å². The molecule has 1 fully saturated rings. The van der Waals surface area contributed by atoms with Gasteiger partial charge in [0.1, 0.15) is 18.8 Å². The summed E-state index contributed by atoms with van der Waals surface area (Å²) in [5.74, 6) is -1.14. The molecule has 14 nitrogen and oxygen atoms in total. The molecule has 3 N–H and O–H groups in total. The van der Waals surface area contributed by atoms with Gasteiger partial charge in [-0.3, -0.25) is 9.59 Å². The van der Waals surface area contributed by atoms with E-state index in [-0.39, 0.29) is 43.4 Å². The van der Waals surface area contributed by atoms with Crippen LogP contribution in [0.1, 0.15) is 70.3 Å². The molecule has 1 saturated carbocycles. The highest BCUT2D eigenvalue weighted by Gasteiger charge is 2.39. The highest BCUT2D eigenvalue weighted by Crippen LogP contribution is 2.36. The van der Waals surface area contributed by atoms with E-state index in [4.69, 9.17) is 4.74 Å². The van der Waals surface area contributed by atoms with E-state index in [0.29, 0.717) is 38.6 Å². The van der Waals surface area contributed by atoms with Crippen molar-refractivity contribution in [3.05, 3.63) is 80.4 Å². The van der Waals surface area contributed by atoms with Crippen LogP contribution in [0.15, 0.2) is 54.6 Å². The highest BCUT2D eigenvalue weighted by atomic mass is 17.0. The number of carbonyl (C=O) groups is 2. The number of hydrogen-bond acceptors (Lipinski definition) is 11. The number of esters is 1. The third kappa shape index (κ3) is 15.5. The van der Waals surface area contributed by atoms with Crippen molar-refractivity contribution < 1.29 is 44.4 Å². The van der Waals surface area contributed by atoms with E-state index in [1.807, 2.05) is 49.4 Å². The Bertz CT molecular complexity index is 1120. The Hall–Kier alpha value is -4.04. The summed E-state index contributed by atoms with van der Waals surface area (Å²) in [5.41, 5.74) is 1.05. The Labute approximate surface area is 262 Å².